The van der Waals surface area contributed by atoms with Crippen LogP contribution in [0.15, 0.2) is 42.5 Å². The Morgan fingerprint density at radius 2 is 1.79 bits per heavy atom. The van der Waals surface area contributed by atoms with Crippen LogP contribution in [0.1, 0.15) is 11.1 Å². The Kier molecular flexibility index (Phi) is 3.89. The second kappa shape index (κ2) is 5.78. The van der Waals surface area contributed by atoms with Gasteiger partial charge in [-0.05, 0) is 23.8 Å². The maximum absolute atomic E-state index is 9.66. The first-order valence-corrected chi connectivity index (χ1v) is 5.90. The van der Waals surface area contributed by atoms with E-state index >= 15 is 0 Å². The van der Waals surface area contributed by atoms with Crippen molar-refractivity contribution in [3.8, 4) is 17.6 Å². The van der Waals surface area contributed by atoms with Gasteiger partial charge in [0.25, 0.3) is 0 Å². The molecule has 0 spiro atoms. The molecule has 0 bridgehead atoms. The number of hydrogen-bond acceptors (Lipinski definition) is 4. The lowest BCUT2D eigenvalue weighted by molar-refractivity contribution is 0.400. The molecule has 3 N–H and O–H groups in total. The van der Waals surface area contributed by atoms with E-state index in [9.17, 15) is 10.2 Å². The van der Waals surface area contributed by atoms with Gasteiger partial charge in [-0.2, -0.15) is 5.26 Å². The van der Waals surface area contributed by atoms with Crippen LogP contribution < -0.4 is 5.32 Å². The number of rotatable bonds is 4. The molecule has 0 aliphatic heterocycles. The van der Waals surface area contributed by atoms with Gasteiger partial charge in [0.15, 0.2) is 11.5 Å². The van der Waals surface area contributed by atoms with Gasteiger partial charge in [0.1, 0.15) is 0 Å². The summed E-state index contributed by atoms with van der Waals surface area (Å²) in [5, 5.41) is 30.8. The van der Waals surface area contributed by atoms with Gasteiger partial charge < -0.3 is 15.5 Å². The predicted molar refractivity (Wildman–Crippen MR) is 72.9 cm³/mol. The Morgan fingerprint density at radius 1 is 1.05 bits per heavy atom. The number of aromatic hydroxyl groups is 2. The fourth-order valence-electron chi connectivity index (χ4n) is 1.75. The van der Waals surface area contributed by atoms with Gasteiger partial charge in [0, 0.05) is 17.8 Å². The number of nitrogens with zero attached hydrogens (tertiary/aromatic N) is 1. The van der Waals surface area contributed by atoms with Crippen LogP contribution >= 0.6 is 0 Å². The van der Waals surface area contributed by atoms with Crippen LogP contribution in [0.4, 0.5) is 5.69 Å². The summed E-state index contributed by atoms with van der Waals surface area (Å²) in [7, 11) is 0. The lowest BCUT2D eigenvalue weighted by atomic mass is 10.1. The highest BCUT2D eigenvalue weighted by molar-refractivity contribution is 5.49. The maximum Gasteiger partial charge on any atom is 0.162 e. The molecule has 0 saturated heterocycles. The van der Waals surface area contributed by atoms with Crippen LogP contribution in [0.25, 0.3) is 0 Å². The van der Waals surface area contributed by atoms with Crippen molar-refractivity contribution in [3.05, 3.63) is 53.6 Å². The minimum atomic E-state index is -0.122. The van der Waals surface area contributed by atoms with Gasteiger partial charge in [-0.15, -0.1) is 0 Å². The maximum atomic E-state index is 9.66. The Labute approximate surface area is 111 Å². The summed E-state index contributed by atoms with van der Waals surface area (Å²) in [5.41, 5.74) is 2.48. The van der Waals surface area contributed by atoms with Crippen molar-refractivity contribution in [1.82, 2.24) is 0 Å². The van der Waals surface area contributed by atoms with E-state index in [1.54, 1.807) is 12.1 Å². The standard InChI is InChI=1S/C15H14N2O2/c16-9-8-11-4-6-13(7-5-11)17-10-12-2-1-3-14(18)15(12)19/h1-7,17-19H,8,10H2. The highest BCUT2D eigenvalue weighted by Gasteiger charge is 2.05. The molecule has 0 aromatic heterocycles. The molecule has 0 atom stereocenters. The minimum Gasteiger partial charge on any atom is -0.504 e. The van der Waals surface area contributed by atoms with Crippen molar-refractivity contribution in [3.63, 3.8) is 0 Å². The average molecular weight is 254 g/mol. The molecule has 0 aliphatic carbocycles. The Bertz CT molecular complexity index is 601. The van der Waals surface area contributed by atoms with Crippen molar-refractivity contribution in [2.24, 2.45) is 0 Å². The quantitative estimate of drug-likeness (QED) is 0.733. The zero-order chi connectivity index (χ0) is 13.7. The third-order valence-electron chi connectivity index (χ3n) is 2.82. The molecule has 0 fully saturated rings. The highest BCUT2D eigenvalue weighted by Crippen LogP contribution is 2.28. The molecule has 0 unspecified atom stereocenters. The molecule has 0 radical (unpaired) electrons. The fraction of sp³-hybridized carbons (Fsp3) is 0.133. The van der Waals surface area contributed by atoms with Crippen molar-refractivity contribution in [1.29, 1.82) is 5.26 Å². The number of nitrogens with one attached hydrogen (secondary N) is 1. The van der Waals surface area contributed by atoms with Crippen LogP contribution in [-0.2, 0) is 13.0 Å². The largest absolute Gasteiger partial charge is 0.504 e. The third kappa shape index (κ3) is 3.17. The molecule has 4 heteroatoms. The average Bonchev–Trinajstić information content (AvgIpc) is 2.42. The summed E-state index contributed by atoms with van der Waals surface area (Å²) in [6.07, 6.45) is 0.396. The Balaban J connectivity index is 2.02. The molecule has 4 nitrogen and oxygen atoms in total. The van der Waals surface area contributed by atoms with E-state index in [1.165, 1.54) is 6.07 Å². The number of phenols is 2. The molecule has 0 saturated carbocycles. The summed E-state index contributed by atoms with van der Waals surface area (Å²) < 4.78 is 0. The van der Waals surface area contributed by atoms with Crippen molar-refractivity contribution >= 4 is 5.69 Å². The highest BCUT2D eigenvalue weighted by atomic mass is 16.3. The van der Waals surface area contributed by atoms with Crippen LogP contribution in [0.3, 0.4) is 0 Å². The van der Waals surface area contributed by atoms with E-state index in [4.69, 9.17) is 5.26 Å². The number of phenolic OH excluding ortho intramolecular Hbond substituents is 2. The summed E-state index contributed by atoms with van der Waals surface area (Å²) in [6, 6.07) is 14.5. The summed E-state index contributed by atoms with van der Waals surface area (Å²) in [4.78, 5) is 0. The van der Waals surface area contributed by atoms with Crippen LogP contribution in [0.5, 0.6) is 11.5 Å². The smallest absolute Gasteiger partial charge is 0.162 e. The normalized spacial score (nSPS) is 9.84. The minimum absolute atomic E-state index is 0.101. The van der Waals surface area contributed by atoms with Gasteiger partial charge in [-0.3, -0.25) is 0 Å². The Morgan fingerprint density at radius 3 is 2.47 bits per heavy atom. The molecule has 2 rings (SSSR count). The number of para-hydroxylation sites is 1. The zero-order valence-electron chi connectivity index (χ0n) is 10.3. The van der Waals surface area contributed by atoms with Gasteiger partial charge in [-0.25, -0.2) is 0 Å². The van der Waals surface area contributed by atoms with Crippen molar-refractivity contribution < 1.29 is 10.2 Å². The molecule has 0 aliphatic rings. The molecule has 2 aromatic rings. The lowest BCUT2D eigenvalue weighted by Gasteiger charge is -2.09. The first-order valence-electron chi connectivity index (χ1n) is 5.90. The molecule has 0 amide bonds. The van der Waals surface area contributed by atoms with E-state index in [1.807, 2.05) is 24.3 Å². The van der Waals surface area contributed by atoms with E-state index in [-0.39, 0.29) is 11.5 Å². The van der Waals surface area contributed by atoms with Gasteiger partial charge in [0.05, 0.1) is 12.5 Å². The first-order chi connectivity index (χ1) is 9.20. The molecule has 96 valence electrons. The number of anilines is 1. The number of nitriles is 1. The van der Waals surface area contributed by atoms with E-state index < -0.39 is 0 Å². The van der Waals surface area contributed by atoms with Crippen LogP contribution in [0.2, 0.25) is 0 Å². The van der Waals surface area contributed by atoms with Crippen molar-refractivity contribution in [2.75, 3.05) is 5.32 Å². The summed E-state index contributed by atoms with van der Waals surface area (Å²) in [6.45, 7) is 0.415. The molecular weight excluding hydrogens is 240 g/mol. The topological polar surface area (TPSA) is 76.3 Å². The fourth-order valence-corrected chi connectivity index (χ4v) is 1.75. The van der Waals surface area contributed by atoms with Crippen molar-refractivity contribution in [2.45, 2.75) is 13.0 Å². The van der Waals surface area contributed by atoms with E-state index in [0.717, 1.165) is 11.3 Å². The first kappa shape index (κ1) is 12.8. The second-order valence-corrected chi connectivity index (χ2v) is 4.17. The van der Waals surface area contributed by atoms with Crippen LogP contribution in [0, 0.1) is 11.3 Å². The second-order valence-electron chi connectivity index (χ2n) is 4.17. The van der Waals surface area contributed by atoms with Gasteiger partial charge in [-0.1, -0.05) is 24.3 Å². The SMILES string of the molecule is N#CCc1ccc(NCc2cccc(O)c2O)cc1. The van der Waals surface area contributed by atoms with Crippen LogP contribution in [-0.4, -0.2) is 10.2 Å². The van der Waals surface area contributed by atoms with Gasteiger partial charge >= 0.3 is 0 Å². The van der Waals surface area contributed by atoms with E-state index in [2.05, 4.69) is 11.4 Å². The predicted octanol–water partition coefficient (Wildman–Crippen LogP) is 2.78. The summed E-state index contributed by atoms with van der Waals surface area (Å²) in [5.74, 6) is -0.222. The molecule has 2 aromatic carbocycles. The molecular formula is C15H14N2O2. The van der Waals surface area contributed by atoms with Gasteiger partial charge in [0.2, 0.25) is 0 Å². The lowest BCUT2D eigenvalue weighted by Crippen LogP contribution is -1.99. The third-order valence-corrected chi connectivity index (χ3v) is 2.82. The monoisotopic (exact) mass is 254 g/mol. The van der Waals surface area contributed by atoms with E-state index in [0.29, 0.717) is 18.5 Å². The zero-order valence-corrected chi connectivity index (χ0v) is 10.3. The number of benzene rings is 2. The number of hydrogen-bond donors (Lipinski definition) is 3. The molecule has 19 heavy (non-hydrogen) atoms. The Hall–Kier alpha value is -2.67. The summed E-state index contributed by atoms with van der Waals surface area (Å²) >= 11 is 0. The molecule has 0 heterocycles.